The zero-order valence-corrected chi connectivity index (χ0v) is 84.2. The van der Waals surface area contributed by atoms with Gasteiger partial charge in [0.05, 0.1) is 19.8 Å². The van der Waals surface area contributed by atoms with Gasteiger partial charge in [0.25, 0.3) is 23.1 Å². The maximum absolute atomic E-state index is 13.5. The van der Waals surface area contributed by atoms with Crippen molar-refractivity contribution in [3.63, 3.8) is 0 Å². The van der Waals surface area contributed by atoms with E-state index in [9.17, 15) is 61.6 Å². The molecule has 2 amide bonds. The Labute approximate surface area is 852 Å². The average Bonchev–Trinajstić information content (AvgIpc) is 1.63. The first-order valence-corrected chi connectivity index (χ1v) is 48.7. The number of piperidine rings is 5. The van der Waals surface area contributed by atoms with E-state index in [1.165, 1.54) is 85.7 Å². The van der Waals surface area contributed by atoms with Crippen molar-refractivity contribution >= 4 is 86.3 Å². The Balaban J connectivity index is 0.000000169. The van der Waals surface area contributed by atoms with Gasteiger partial charge in [-0.05, 0) is 320 Å². The van der Waals surface area contributed by atoms with Gasteiger partial charge in [-0.3, -0.25) is 9.59 Å². The fourth-order valence-electron chi connectivity index (χ4n) is 16.1. The number of nitrogens with zero attached hydrogens (tertiary/aromatic N) is 13. The van der Waals surface area contributed by atoms with Crippen molar-refractivity contribution < 1.29 is 117 Å². The summed E-state index contributed by atoms with van der Waals surface area (Å²) in [5.41, 5.74) is 6.31. The number of carbonyl (C=O) groups excluding carboxylic acids is 5. The van der Waals surface area contributed by atoms with Gasteiger partial charge in [-0.25, -0.2) is 46.9 Å². The van der Waals surface area contributed by atoms with Gasteiger partial charge in [0.15, 0.2) is 50.9 Å². The third kappa shape index (κ3) is 32.3. The lowest BCUT2D eigenvalue weighted by atomic mass is 9.80. The number of nitrogens with one attached hydrogen (secondary N) is 3. The van der Waals surface area contributed by atoms with Gasteiger partial charge >= 0.3 is 46.1 Å². The molecule has 5 saturated heterocycles. The van der Waals surface area contributed by atoms with E-state index in [2.05, 4.69) is 88.4 Å². The highest BCUT2D eigenvalue weighted by molar-refractivity contribution is 6.69. The molecule has 0 spiro atoms. The zero-order chi connectivity index (χ0) is 105. The van der Waals surface area contributed by atoms with E-state index in [1.807, 2.05) is 46.9 Å². The number of halogens is 6. The molecule has 37 nitrogen and oxygen atoms in total. The van der Waals surface area contributed by atoms with Crippen molar-refractivity contribution in [2.75, 3.05) is 85.3 Å². The van der Waals surface area contributed by atoms with Gasteiger partial charge < -0.3 is 110 Å². The normalized spacial score (nSPS) is 15.1. The van der Waals surface area contributed by atoms with Gasteiger partial charge in [0.2, 0.25) is 17.7 Å². The number of benzene rings is 4. The first-order valence-electron chi connectivity index (χ1n) is 48.0. The third-order valence-corrected chi connectivity index (χ3v) is 24.3. The summed E-state index contributed by atoms with van der Waals surface area (Å²) in [5.74, 6) is 8.84. The van der Waals surface area contributed by atoms with Crippen LogP contribution >= 0.6 is 23.2 Å². The topological polar surface area (TPSA) is 484 Å². The largest absolute Gasteiger partial charge is 0.461 e. The molecule has 5 aliphatic rings. The fourth-order valence-corrected chi connectivity index (χ4v) is 16.4. The smallest absolute Gasteiger partial charge is 0.376 e. The minimum atomic E-state index is -0.580. The first kappa shape index (κ1) is 113. The second-order valence-corrected chi connectivity index (χ2v) is 35.7. The Morgan fingerprint density at radius 1 is 0.459 bits per heavy atom. The lowest BCUT2D eigenvalue weighted by Crippen LogP contribution is -2.42. The predicted molar refractivity (Wildman–Crippen MR) is 535 cm³/mol. The molecule has 0 atom stereocenters. The van der Waals surface area contributed by atoms with E-state index in [1.54, 1.807) is 84.5 Å². The number of aromatic nitrogens is 8. The highest BCUT2D eigenvalue weighted by Gasteiger charge is 2.38. The van der Waals surface area contributed by atoms with Crippen molar-refractivity contribution in [2.45, 2.75) is 170 Å². The molecule has 12 aromatic rings. The summed E-state index contributed by atoms with van der Waals surface area (Å²) in [6.45, 7) is 28.7. The summed E-state index contributed by atoms with van der Waals surface area (Å²) in [6.07, 6.45) is 20.3. The van der Waals surface area contributed by atoms with Crippen LogP contribution < -0.4 is 16.0 Å². The van der Waals surface area contributed by atoms with E-state index >= 15 is 0 Å². The second kappa shape index (κ2) is 55.9. The molecule has 0 saturated carbocycles. The Bertz CT molecular complexity index is 6300. The summed E-state index contributed by atoms with van der Waals surface area (Å²) in [4.78, 5) is 87.7. The lowest BCUT2D eigenvalue weighted by molar-refractivity contribution is 0.0510. The standard InChI is InChI=1S/C22H26BFN4O4.C21H23BFN3O5.C21H23FN4O3.C14H19BN2O4.C8H14BNO.C7H5ClFNO.C6H6ClNO3/c1-13(2)25-21(29)17-12-31-22(26-17)18-19(14-4-6-16(24)7-5-14)27-32-20(18)15-8-10-28(11-9-15)23(3)30;1-3-29-21(27)16-12-30-20(24-16)17-18(13-4-6-15(23)7-5-13)25-31-19(17)14-8-10-26(11-9-14)22(2)28;1-12(2)24-20(27)16-11-28-21(25-16)17-18(13-3-5-15(22)6-4-13)26-29-19(17)14-7-9-23-10-8-14;1-3-20-14(18)12-10-21-13(16-12)5-4-11-6-8-17(9-7-11)15(2)19;1-3-8-4-6-10(7-5-8)9(2)11;8-7(10-11)5-1-3-6(9)4-2-5;1-2-10-5(9)4-3-11-6(7)8-4/h4-7,12-13,15,30H,8-11H2,1-3H3,(H,25,29);4-7,12,14,28H,3,8-11H2,1-2H3;3-6,11-12,14,23H,7-10H2,1-2H3,(H,24,27);10-11,19H,3,6-9H2,1-2H3;1,8,11H,4-7H2,2H3;1-4,11H;3H,2H2,1H3/b;;;;;10-7-;. The molecule has 17 rings (SSSR count). The van der Waals surface area contributed by atoms with Crippen molar-refractivity contribution in [2.24, 2.45) is 17.0 Å². The van der Waals surface area contributed by atoms with Crippen LogP contribution in [0.1, 0.15) is 212 Å². The summed E-state index contributed by atoms with van der Waals surface area (Å²) < 4.78 is 111. The van der Waals surface area contributed by atoms with Crippen LogP contribution in [-0.2, 0) is 14.2 Å². The summed E-state index contributed by atoms with van der Waals surface area (Å²) in [6, 6.07) is 23.1. The molecule has 5 fully saturated rings. The molecule has 8 aromatic heterocycles. The molecule has 13 heterocycles. The molecule has 0 radical (unpaired) electrons. The quantitative estimate of drug-likeness (QED) is 0.00407. The van der Waals surface area contributed by atoms with Crippen molar-refractivity contribution in [1.29, 1.82) is 0 Å². The summed E-state index contributed by atoms with van der Waals surface area (Å²) in [7, 11) is -1.73. The minimum Gasteiger partial charge on any atom is -0.461 e. The fraction of sp³-hybridized carbons (Fsp3) is 0.414. The molecule has 0 unspecified atom stereocenters. The van der Waals surface area contributed by atoms with Gasteiger partial charge in [-0.15, -0.1) is 12.3 Å². The first-order chi connectivity index (χ1) is 70.1. The molecule has 4 aromatic carbocycles. The van der Waals surface area contributed by atoms with Crippen molar-refractivity contribution in [3.8, 4) is 92.3 Å². The monoisotopic (exact) mass is 2050 g/mol. The molecule has 47 heteroatoms. The highest BCUT2D eigenvalue weighted by atomic mass is 35.5. The maximum atomic E-state index is 13.5. The predicted octanol–water partition coefficient (Wildman–Crippen LogP) is 16.1. The third-order valence-electron chi connectivity index (χ3n) is 23.9. The van der Waals surface area contributed by atoms with Gasteiger partial charge in [-0.1, -0.05) is 38.1 Å². The second-order valence-electron chi connectivity index (χ2n) is 35.0. The van der Waals surface area contributed by atoms with Crippen LogP contribution in [0, 0.1) is 59.3 Å². The molecule has 8 N–H and O–H groups in total. The molecule has 772 valence electrons. The number of hydrogen-bond acceptors (Lipinski definition) is 35. The number of carbonyl (C=O) groups is 5. The molecular formula is C99H116B4Cl2F4N16O21. The van der Waals surface area contributed by atoms with E-state index in [0.29, 0.717) is 119 Å². The highest BCUT2D eigenvalue weighted by Crippen LogP contribution is 2.45. The Morgan fingerprint density at radius 2 is 0.767 bits per heavy atom. The van der Waals surface area contributed by atoms with Gasteiger partial charge in [0.1, 0.15) is 88.4 Å². The number of terminal acetylenes is 1. The Morgan fingerprint density at radius 3 is 1.10 bits per heavy atom. The molecule has 146 heavy (non-hydrogen) atoms. The number of hydrogen-bond donors (Lipinski definition) is 8. The van der Waals surface area contributed by atoms with Gasteiger partial charge in [-0.2, -0.15) is 9.97 Å². The van der Waals surface area contributed by atoms with Crippen LogP contribution in [0.15, 0.2) is 169 Å². The van der Waals surface area contributed by atoms with Crippen LogP contribution in [0.2, 0.25) is 32.6 Å². The minimum absolute atomic E-state index is 0.0154. The summed E-state index contributed by atoms with van der Waals surface area (Å²) >= 11 is 10.7. The number of rotatable bonds is 24. The van der Waals surface area contributed by atoms with Crippen LogP contribution in [-0.4, -0.2) is 245 Å². The zero-order valence-electron chi connectivity index (χ0n) is 82.7. The van der Waals surface area contributed by atoms with Crippen molar-refractivity contribution in [1.82, 2.24) is 75.6 Å². The summed E-state index contributed by atoms with van der Waals surface area (Å²) in [5, 5.41) is 70.9. The number of oxazole rings is 5. The van der Waals surface area contributed by atoms with Crippen LogP contribution in [0.4, 0.5) is 17.6 Å². The average molecular weight is 2060 g/mol. The lowest BCUT2D eigenvalue weighted by Gasteiger charge is -2.31. The molecule has 0 aliphatic carbocycles. The van der Waals surface area contributed by atoms with Crippen LogP contribution in [0.5, 0.6) is 0 Å². The number of ether oxygens (including phenoxy) is 3. The van der Waals surface area contributed by atoms with Crippen molar-refractivity contribution in [3.05, 3.63) is 214 Å². The van der Waals surface area contributed by atoms with E-state index in [0.717, 1.165) is 110 Å². The van der Waals surface area contributed by atoms with E-state index in [-0.39, 0.29) is 147 Å². The van der Waals surface area contributed by atoms with E-state index in [4.69, 9.17) is 75.5 Å². The Kier molecular flexibility index (Phi) is 43.2. The van der Waals surface area contributed by atoms with Gasteiger partial charge in [0, 0.05) is 63.9 Å². The molecular weight excluding hydrogens is 1940 g/mol. The number of amides is 2. The SMILES string of the molecule is C#CC1CCN(B(C)O)CC1.CB(O)N1CCC(c2onc(-c3ccc(F)cc3)c2-c2nc(C(=O)NC(C)C)co2)CC1.CC(C)NC(=O)c1coc(-c2c(-c3ccc(F)cc3)noc2C2CCNCC2)n1.CCOC(=O)c1coc(-c2c(-c3ccc(F)cc3)noc2C2CCN(B(C)O)CC2)n1.CCOC(=O)c1coc(C#CC2CCN(B(C)O)CC2)n1.CCOC(=O)c1coc(Cl)n1.O/N=C(\Cl)c1ccc(F)cc1. The Hall–Kier alpha value is -13.3. The maximum Gasteiger partial charge on any atom is 0.376 e. The molecule has 0 bridgehead atoms. The number of esters is 3. The number of oxime groups is 1. The van der Waals surface area contributed by atoms with Crippen LogP contribution in [0.3, 0.4) is 0 Å². The van der Waals surface area contributed by atoms with E-state index < -0.39 is 39.1 Å². The molecule has 5 aliphatic heterocycles. The van der Waals surface area contributed by atoms with Crippen LogP contribution in [0.25, 0.3) is 68.1 Å².